The minimum absolute atomic E-state index is 0.168. The first-order chi connectivity index (χ1) is 5.22. The van der Waals surface area contributed by atoms with Crippen LogP contribution in [0.3, 0.4) is 0 Å². The van der Waals surface area contributed by atoms with Crippen LogP contribution in [0.1, 0.15) is 6.92 Å². The second-order valence-electron chi connectivity index (χ2n) is 1.98. The molecule has 1 aromatic rings. The van der Waals surface area contributed by atoms with Gasteiger partial charge in [-0.25, -0.2) is 9.97 Å². The van der Waals surface area contributed by atoms with Gasteiger partial charge in [0.25, 0.3) is 0 Å². The summed E-state index contributed by atoms with van der Waals surface area (Å²) in [5.74, 6) is 1.03. The third-order valence-electron chi connectivity index (χ3n) is 1.08. The zero-order valence-electron chi connectivity index (χ0n) is 6.13. The maximum atomic E-state index is 5.54. The average Bonchev–Trinajstić information content (AvgIpc) is 1.85. The lowest BCUT2D eigenvalue weighted by Gasteiger charge is -2.01. The Kier molecular flexibility index (Phi) is 2.48. The van der Waals surface area contributed by atoms with E-state index in [1.54, 1.807) is 6.07 Å². The molecule has 3 N–H and O–H groups in total. The van der Waals surface area contributed by atoms with Crippen molar-refractivity contribution in [3.05, 3.63) is 11.3 Å². The van der Waals surface area contributed by atoms with Crippen molar-refractivity contribution in [1.29, 1.82) is 0 Å². The van der Waals surface area contributed by atoms with Crippen LogP contribution in [0, 0.1) is 0 Å². The SMILES string of the molecule is CCNc1cc(N)nc(Cl)n1. The van der Waals surface area contributed by atoms with Crippen LogP contribution in [0.2, 0.25) is 5.28 Å². The van der Waals surface area contributed by atoms with Crippen molar-refractivity contribution in [2.75, 3.05) is 17.6 Å². The van der Waals surface area contributed by atoms with E-state index in [1.165, 1.54) is 0 Å². The summed E-state index contributed by atoms with van der Waals surface area (Å²) in [5, 5.41) is 3.14. The monoisotopic (exact) mass is 172 g/mol. The second-order valence-corrected chi connectivity index (χ2v) is 2.32. The summed E-state index contributed by atoms with van der Waals surface area (Å²) in [6.45, 7) is 2.75. The molecule has 0 saturated carbocycles. The molecule has 0 amide bonds. The van der Waals surface area contributed by atoms with Gasteiger partial charge in [0.05, 0.1) is 0 Å². The first kappa shape index (κ1) is 8.07. The molecular formula is C6H9ClN4. The fourth-order valence-corrected chi connectivity index (χ4v) is 0.896. The highest BCUT2D eigenvalue weighted by Crippen LogP contribution is 2.10. The Labute approximate surface area is 69.8 Å². The molecule has 60 valence electrons. The number of halogens is 1. The number of rotatable bonds is 2. The van der Waals surface area contributed by atoms with Crippen LogP contribution in [0.5, 0.6) is 0 Å². The maximum absolute atomic E-state index is 5.54. The molecule has 5 heteroatoms. The number of nitrogen functional groups attached to an aromatic ring is 1. The summed E-state index contributed by atoms with van der Waals surface area (Å²) in [7, 11) is 0. The smallest absolute Gasteiger partial charge is 0.226 e. The minimum atomic E-state index is 0.168. The highest BCUT2D eigenvalue weighted by molar-refractivity contribution is 6.28. The van der Waals surface area contributed by atoms with Crippen LogP contribution in [0.4, 0.5) is 11.6 Å². The Balaban J connectivity index is 2.89. The Bertz CT molecular complexity index is 230. The van der Waals surface area contributed by atoms with Crippen molar-refractivity contribution in [2.45, 2.75) is 6.92 Å². The highest BCUT2D eigenvalue weighted by Gasteiger charge is 1.97. The third-order valence-corrected chi connectivity index (χ3v) is 1.25. The largest absolute Gasteiger partial charge is 0.383 e. The number of nitrogens with zero attached hydrogens (tertiary/aromatic N) is 2. The Morgan fingerprint density at radius 2 is 2.36 bits per heavy atom. The zero-order chi connectivity index (χ0) is 8.27. The average molecular weight is 173 g/mol. The van der Waals surface area contributed by atoms with E-state index in [0.717, 1.165) is 6.54 Å². The normalized spacial score (nSPS) is 9.64. The lowest BCUT2D eigenvalue weighted by Crippen LogP contribution is -2.02. The van der Waals surface area contributed by atoms with Crippen molar-refractivity contribution in [3.8, 4) is 0 Å². The van der Waals surface area contributed by atoms with Crippen molar-refractivity contribution in [1.82, 2.24) is 9.97 Å². The molecule has 0 spiro atoms. The molecule has 11 heavy (non-hydrogen) atoms. The molecule has 0 aromatic carbocycles. The summed E-state index contributed by atoms with van der Waals surface area (Å²) in [6, 6.07) is 1.63. The molecule has 0 aliphatic rings. The molecular weight excluding hydrogens is 164 g/mol. The van der Waals surface area contributed by atoms with Crippen LogP contribution < -0.4 is 11.1 Å². The van der Waals surface area contributed by atoms with E-state index < -0.39 is 0 Å². The summed E-state index contributed by atoms with van der Waals surface area (Å²) in [5.41, 5.74) is 5.41. The predicted octanol–water partition coefficient (Wildman–Crippen LogP) is 1.14. The van der Waals surface area contributed by atoms with Crippen molar-refractivity contribution >= 4 is 23.2 Å². The number of nitrogens with two attached hydrogens (primary N) is 1. The van der Waals surface area contributed by atoms with Crippen molar-refractivity contribution < 1.29 is 0 Å². The maximum Gasteiger partial charge on any atom is 0.226 e. The molecule has 0 aliphatic heterocycles. The van der Waals surface area contributed by atoms with Gasteiger partial charge in [-0.15, -0.1) is 0 Å². The second kappa shape index (κ2) is 3.39. The molecule has 0 saturated heterocycles. The summed E-state index contributed by atoms with van der Waals surface area (Å²) in [4.78, 5) is 7.60. The summed E-state index contributed by atoms with van der Waals surface area (Å²) >= 11 is 5.54. The van der Waals surface area contributed by atoms with Gasteiger partial charge in [-0.1, -0.05) is 0 Å². The fourth-order valence-electron chi connectivity index (χ4n) is 0.707. The summed E-state index contributed by atoms with van der Waals surface area (Å²) in [6.07, 6.45) is 0. The molecule has 0 bridgehead atoms. The molecule has 0 fully saturated rings. The lowest BCUT2D eigenvalue weighted by molar-refractivity contribution is 1.12. The van der Waals surface area contributed by atoms with Crippen molar-refractivity contribution in [2.24, 2.45) is 0 Å². The number of aromatic nitrogens is 2. The first-order valence-electron chi connectivity index (χ1n) is 3.26. The van der Waals surface area contributed by atoms with Gasteiger partial charge in [-0.2, -0.15) is 0 Å². The van der Waals surface area contributed by atoms with Crippen LogP contribution >= 0.6 is 11.6 Å². The molecule has 1 rings (SSSR count). The standard InChI is InChI=1S/C6H9ClN4/c1-2-9-5-3-4(8)10-6(7)11-5/h3H,2H2,1H3,(H3,8,9,10,11). The van der Waals surface area contributed by atoms with Crippen LogP contribution in [-0.2, 0) is 0 Å². The molecule has 0 aliphatic carbocycles. The van der Waals surface area contributed by atoms with Crippen LogP contribution in [-0.4, -0.2) is 16.5 Å². The zero-order valence-corrected chi connectivity index (χ0v) is 6.89. The topological polar surface area (TPSA) is 63.8 Å². The van der Waals surface area contributed by atoms with Crippen LogP contribution in [0.15, 0.2) is 6.07 Å². The number of hydrogen-bond donors (Lipinski definition) is 2. The molecule has 4 nitrogen and oxygen atoms in total. The summed E-state index contributed by atoms with van der Waals surface area (Å²) < 4.78 is 0. The van der Waals surface area contributed by atoms with E-state index in [0.29, 0.717) is 11.6 Å². The lowest BCUT2D eigenvalue weighted by atomic mass is 10.5. The molecule has 1 heterocycles. The molecule has 0 radical (unpaired) electrons. The van der Waals surface area contributed by atoms with E-state index >= 15 is 0 Å². The number of anilines is 2. The molecule has 1 aromatic heterocycles. The minimum Gasteiger partial charge on any atom is -0.383 e. The Hall–Kier alpha value is -1.03. The first-order valence-corrected chi connectivity index (χ1v) is 3.64. The Morgan fingerprint density at radius 3 is 2.91 bits per heavy atom. The fraction of sp³-hybridized carbons (Fsp3) is 0.333. The molecule has 0 atom stereocenters. The van der Waals surface area contributed by atoms with Gasteiger partial charge in [-0.3, -0.25) is 0 Å². The predicted molar refractivity (Wildman–Crippen MR) is 45.6 cm³/mol. The van der Waals surface area contributed by atoms with Crippen LogP contribution in [0.25, 0.3) is 0 Å². The van der Waals surface area contributed by atoms with E-state index in [4.69, 9.17) is 17.3 Å². The van der Waals surface area contributed by atoms with Gasteiger partial charge in [-0.05, 0) is 18.5 Å². The van der Waals surface area contributed by atoms with Gasteiger partial charge >= 0.3 is 0 Å². The van der Waals surface area contributed by atoms with Crippen molar-refractivity contribution in [3.63, 3.8) is 0 Å². The van der Waals surface area contributed by atoms with Gasteiger partial charge in [0.15, 0.2) is 0 Å². The highest BCUT2D eigenvalue weighted by atomic mass is 35.5. The van der Waals surface area contributed by atoms with Gasteiger partial charge < -0.3 is 11.1 Å². The number of hydrogen-bond acceptors (Lipinski definition) is 4. The van der Waals surface area contributed by atoms with E-state index in [1.807, 2.05) is 6.92 Å². The number of nitrogens with one attached hydrogen (secondary N) is 1. The third kappa shape index (κ3) is 2.23. The van der Waals surface area contributed by atoms with Gasteiger partial charge in [0, 0.05) is 12.6 Å². The quantitative estimate of drug-likeness (QED) is 0.657. The molecule has 0 unspecified atom stereocenters. The van der Waals surface area contributed by atoms with E-state index in [-0.39, 0.29) is 5.28 Å². The van der Waals surface area contributed by atoms with E-state index in [2.05, 4.69) is 15.3 Å². The Morgan fingerprint density at radius 1 is 1.64 bits per heavy atom. The van der Waals surface area contributed by atoms with Gasteiger partial charge in [0.1, 0.15) is 11.6 Å². The van der Waals surface area contributed by atoms with Gasteiger partial charge in [0.2, 0.25) is 5.28 Å². The van der Waals surface area contributed by atoms with E-state index in [9.17, 15) is 0 Å².